The van der Waals surface area contributed by atoms with Crippen LogP contribution < -0.4 is 0 Å². The molecule has 5 aromatic rings. The Labute approximate surface area is 171 Å². The van der Waals surface area contributed by atoms with Gasteiger partial charge in [0.25, 0.3) is 0 Å². The van der Waals surface area contributed by atoms with Crippen molar-refractivity contribution in [3.8, 4) is 11.6 Å². The standard InChI is InChI=1S/C22H19N5OS/c1-2-6-15(7-3-1)17-10-11-26(13-17)14-20-25-27-21(23-24-22(27)29-20)19-12-16-8-4-5-9-18(16)28-19/h1-9,12,17H,10-11,13-14H2/t17-/m0/s1. The molecule has 1 aliphatic rings. The van der Waals surface area contributed by atoms with Crippen molar-refractivity contribution >= 4 is 27.3 Å². The van der Waals surface area contributed by atoms with Gasteiger partial charge in [-0.15, -0.1) is 10.2 Å². The number of benzene rings is 2. The third-order valence-corrected chi connectivity index (χ3v) is 6.46. The molecule has 1 saturated heterocycles. The molecular weight excluding hydrogens is 382 g/mol. The van der Waals surface area contributed by atoms with Gasteiger partial charge in [-0.2, -0.15) is 9.61 Å². The van der Waals surface area contributed by atoms with Crippen LogP contribution in [0, 0.1) is 0 Å². The zero-order valence-electron chi connectivity index (χ0n) is 15.7. The van der Waals surface area contributed by atoms with Crippen molar-refractivity contribution in [3.05, 3.63) is 71.2 Å². The van der Waals surface area contributed by atoms with Gasteiger partial charge in [-0.1, -0.05) is 59.9 Å². The Hall–Kier alpha value is -3.03. The lowest BCUT2D eigenvalue weighted by Gasteiger charge is -2.14. The van der Waals surface area contributed by atoms with Crippen molar-refractivity contribution in [1.82, 2.24) is 24.7 Å². The van der Waals surface area contributed by atoms with Crippen molar-refractivity contribution < 1.29 is 4.42 Å². The van der Waals surface area contributed by atoms with E-state index in [-0.39, 0.29) is 0 Å². The number of fused-ring (bicyclic) bond motifs is 2. The summed E-state index contributed by atoms with van der Waals surface area (Å²) in [6.07, 6.45) is 1.19. The number of rotatable bonds is 4. The summed E-state index contributed by atoms with van der Waals surface area (Å²) in [6, 6.07) is 20.7. The number of aromatic nitrogens is 4. The number of hydrogen-bond donors (Lipinski definition) is 0. The van der Waals surface area contributed by atoms with Crippen LogP contribution in [0.15, 0.2) is 65.1 Å². The number of likely N-dealkylation sites (tertiary alicyclic amines) is 1. The van der Waals surface area contributed by atoms with E-state index in [1.165, 1.54) is 12.0 Å². The molecule has 1 fully saturated rings. The van der Waals surface area contributed by atoms with Gasteiger partial charge in [0.1, 0.15) is 10.6 Å². The molecule has 1 atom stereocenters. The lowest BCUT2D eigenvalue weighted by Crippen LogP contribution is -2.19. The Kier molecular flexibility index (Phi) is 3.95. The minimum absolute atomic E-state index is 0.605. The summed E-state index contributed by atoms with van der Waals surface area (Å²) in [5.41, 5.74) is 2.28. The van der Waals surface area contributed by atoms with E-state index in [2.05, 4.69) is 45.4 Å². The first kappa shape index (κ1) is 16.9. The normalized spacial score (nSPS) is 17.6. The minimum Gasteiger partial charge on any atom is -0.453 e. The average molecular weight is 401 g/mol. The summed E-state index contributed by atoms with van der Waals surface area (Å²) in [6.45, 7) is 3.01. The molecule has 0 radical (unpaired) electrons. The molecule has 6 rings (SSSR count). The number of nitrogens with zero attached hydrogens (tertiary/aromatic N) is 5. The van der Waals surface area contributed by atoms with E-state index in [4.69, 9.17) is 9.52 Å². The van der Waals surface area contributed by atoms with Gasteiger partial charge in [-0.25, -0.2) is 0 Å². The van der Waals surface area contributed by atoms with Gasteiger partial charge in [-0.3, -0.25) is 4.90 Å². The molecule has 0 amide bonds. The highest BCUT2D eigenvalue weighted by Crippen LogP contribution is 2.30. The zero-order chi connectivity index (χ0) is 19.2. The van der Waals surface area contributed by atoms with Crippen molar-refractivity contribution in [2.75, 3.05) is 13.1 Å². The summed E-state index contributed by atoms with van der Waals surface area (Å²) in [7, 11) is 0. The van der Waals surface area contributed by atoms with E-state index in [1.807, 2.05) is 34.8 Å². The SMILES string of the molecule is c1ccc([C@H]2CCN(Cc3nn4c(-c5cc6ccccc6o5)nnc4s3)C2)cc1. The largest absolute Gasteiger partial charge is 0.453 e. The third kappa shape index (κ3) is 3.03. The van der Waals surface area contributed by atoms with Crippen LogP contribution in [0.25, 0.3) is 27.5 Å². The van der Waals surface area contributed by atoms with E-state index in [0.717, 1.165) is 40.6 Å². The Morgan fingerprint density at radius 1 is 1.03 bits per heavy atom. The van der Waals surface area contributed by atoms with Crippen LogP contribution in [-0.2, 0) is 6.54 Å². The fourth-order valence-electron chi connectivity index (χ4n) is 4.13. The molecule has 0 aliphatic carbocycles. The van der Waals surface area contributed by atoms with Crippen LogP contribution in [0.1, 0.15) is 22.9 Å². The second-order valence-electron chi connectivity index (χ2n) is 7.49. The summed E-state index contributed by atoms with van der Waals surface area (Å²) in [5.74, 6) is 1.95. The maximum atomic E-state index is 5.96. The van der Waals surface area contributed by atoms with Crippen LogP contribution in [0.4, 0.5) is 0 Å². The number of para-hydroxylation sites is 1. The van der Waals surface area contributed by atoms with Crippen LogP contribution >= 0.6 is 11.3 Å². The molecule has 0 saturated carbocycles. The molecule has 4 heterocycles. The minimum atomic E-state index is 0.605. The van der Waals surface area contributed by atoms with E-state index in [9.17, 15) is 0 Å². The summed E-state index contributed by atoms with van der Waals surface area (Å²) in [4.78, 5) is 3.28. The quantitative estimate of drug-likeness (QED) is 0.441. The predicted molar refractivity (Wildman–Crippen MR) is 113 cm³/mol. The molecular formula is C22H19N5OS. The van der Waals surface area contributed by atoms with E-state index < -0.39 is 0 Å². The molecule has 0 spiro atoms. The predicted octanol–water partition coefficient (Wildman–Crippen LogP) is 4.59. The number of furan rings is 1. The van der Waals surface area contributed by atoms with Crippen LogP contribution in [-0.4, -0.2) is 37.8 Å². The van der Waals surface area contributed by atoms with Crippen LogP contribution in [0.3, 0.4) is 0 Å². The fraction of sp³-hybridized carbons (Fsp3) is 0.227. The van der Waals surface area contributed by atoms with E-state index in [0.29, 0.717) is 17.5 Å². The fourth-order valence-corrected chi connectivity index (χ4v) is 5.01. The van der Waals surface area contributed by atoms with E-state index in [1.54, 1.807) is 11.3 Å². The topological polar surface area (TPSA) is 59.5 Å². The van der Waals surface area contributed by atoms with Crippen LogP contribution in [0.2, 0.25) is 0 Å². The molecule has 0 N–H and O–H groups in total. The molecule has 6 nitrogen and oxygen atoms in total. The van der Waals surface area contributed by atoms with Crippen molar-refractivity contribution in [1.29, 1.82) is 0 Å². The van der Waals surface area contributed by atoms with Gasteiger partial charge in [0.2, 0.25) is 10.8 Å². The van der Waals surface area contributed by atoms with Gasteiger partial charge >= 0.3 is 0 Å². The first-order chi connectivity index (χ1) is 14.3. The molecule has 0 bridgehead atoms. The van der Waals surface area contributed by atoms with Crippen molar-refractivity contribution in [2.24, 2.45) is 0 Å². The maximum Gasteiger partial charge on any atom is 0.235 e. The molecule has 29 heavy (non-hydrogen) atoms. The third-order valence-electron chi connectivity index (χ3n) is 5.58. The van der Waals surface area contributed by atoms with Crippen molar-refractivity contribution in [2.45, 2.75) is 18.9 Å². The first-order valence-electron chi connectivity index (χ1n) is 9.81. The number of hydrogen-bond acceptors (Lipinski definition) is 6. The Morgan fingerprint density at radius 3 is 2.79 bits per heavy atom. The summed E-state index contributed by atoms with van der Waals surface area (Å²) >= 11 is 1.60. The highest BCUT2D eigenvalue weighted by atomic mass is 32.1. The molecule has 1 aliphatic heterocycles. The smallest absolute Gasteiger partial charge is 0.235 e. The zero-order valence-corrected chi connectivity index (χ0v) is 16.5. The first-order valence-corrected chi connectivity index (χ1v) is 10.6. The highest BCUT2D eigenvalue weighted by Gasteiger charge is 2.25. The Balaban J connectivity index is 1.24. The molecule has 7 heteroatoms. The maximum absolute atomic E-state index is 5.96. The van der Waals surface area contributed by atoms with Gasteiger partial charge < -0.3 is 4.42 Å². The Bertz CT molecular complexity index is 1260. The lowest BCUT2D eigenvalue weighted by atomic mass is 9.99. The molecule has 3 aromatic heterocycles. The van der Waals surface area contributed by atoms with Gasteiger partial charge in [0.05, 0.1) is 6.54 Å². The van der Waals surface area contributed by atoms with Crippen molar-refractivity contribution in [3.63, 3.8) is 0 Å². The summed E-state index contributed by atoms with van der Waals surface area (Å²) < 4.78 is 7.77. The monoisotopic (exact) mass is 401 g/mol. The second kappa shape index (κ2) is 6.79. The molecule has 144 valence electrons. The van der Waals surface area contributed by atoms with Gasteiger partial charge in [0.15, 0.2) is 5.76 Å². The lowest BCUT2D eigenvalue weighted by molar-refractivity contribution is 0.325. The van der Waals surface area contributed by atoms with E-state index >= 15 is 0 Å². The summed E-state index contributed by atoms with van der Waals surface area (Å²) in [5, 5.41) is 15.5. The molecule has 2 aromatic carbocycles. The van der Waals surface area contributed by atoms with Gasteiger partial charge in [-0.05, 0) is 36.6 Å². The second-order valence-corrected chi connectivity index (χ2v) is 8.53. The molecule has 0 unspecified atom stereocenters. The average Bonchev–Trinajstić information content (AvgIpc) is 3.51. The Morgan fingerprint density at radius 2 is 1.90 bits per heavy atom. The van der Waals surface area contributed by atoms with Crippen LogP contribution in [0.5, 0.6) is 0 Å². The highest BCUT2D eigenvalue weighted by molar-refractivity contribution is 7.16. The van der Waals surface area contributed by atoms with Gasteiger partial charge in [0, 0.05) is 11.9 Å².